The van der Waals surface area contributed by atoms with Crippen LogP contribution < -0.4 is 5.32 Å². The van der Waals surface area contributed by atoms with Gasteiger partial charge >= 0.3 is 0 Å². The topological polar surface area (TPSA) is 24.9 Å². The molecule has 3 heteroatoms. The van der Waals surface area contributed by atoms with Crippen LogP contribution in [-0.4, -0.2) is 17.6 Å². The van der Waals surface area contributed by atoms with Crippen molar-refractivity contribution in [2.24, 2.45) is 5.41 Å². The largest absolute Gasteiger partial charge is 0.314 e. The summed E-state index contributed by atoms with van der Waals surface area (Å²) in [4.78, 5) is 4.52. The zero-order chi connectivity index (χ0) is 12.2. The average Bonchev–Trinajstić information content (AvgIpc) is 2.57. The van der Waals surface area contributed by atoms with E-state index in [0.717, 1.165) is 13.0 Å². The molecule has 0 aromatic carbocycles. The molecule has 16 heavy (non-hydrogen) atoms. The Bertz CT molecular complexity index is 312. The van der Waals surface area contributed by atoms with Crippen molar-refractivity contribution in [3.63, 3.8) is 0 Å². The Hall–Kier alpha value is -0.410. The lowest BCUT2D eigenvalue weighted by molar-refractivity contribution is 0.258. The highest BCUT2D eigenvalue weighted by atomic mass is 32.1. The highest BCUT2D eigenvalue weighted by Crippen LogP contribution is 2.23. The standard InChI is InChI=1S/C13H24N2S/c1-6-14-12(13(3,4)5)8-7-11-9-16-10(2)15-11/h9,12,14H,6-8H2,1-5H3. The fraction of sp³-hybridized carbons (Fsp3) is 0.769. The molecular weight excluding hydrogens is 216 g/mol. The lowest BCUT2D eigenvalue weighted by Crippen LogP contribution is -2.40. The quantitative estimate of drug-likeness (QED) is 0.853. The molecule has 0 fully saturated rings. The van der Waals surface area contributed by atoms with Gasteiger partial charge in [-0.15, -0.1) is 11.3 Å². The summed E-state index contributed by atoms with van der Waals surface area (Å²) in [6, 6.07) is 0.569. The molecule has 0 bridgehead atoms. The van der Waals surface area contributed by atoms with Gasteiger partial charge in [0.1, 0.15) is 0 Å². The van der Waals surface area contributed by atoms with Crippen LogP contribution in [0.25, 0.3) is 0 Å². The second-order valence-corrected chi connectivity index (χ2v) is 6.44. The number of nitrogens with one attached hydrogen (secondary N) is 1. The van der Waals surface area contributed by atoms with E-state index in [-0.39, 0.29) is 0 Å². The van der Waals surface area contributed by atoms with Gasteiger partial charge in [0.15, 0.2) is 0 Å². The number of hydrogen-bond donors (Lipinski definition) is 1. The molecule has 1 aromatic heterocycles. The van der Waals surface area contributed by atoms with Crippen LogP contribution >= 0.6 is 11.3 Å². The summed E-state index contributed by atoms with van der Waals surface area (Å²) in [5, 5.41) is 6.93. The summed E-state index contributed by atoms with van der Waals surface area (Å²) in [6.45, 7) is 12.2. The highest BCUT2D eigenvalue weighted by Gasteiger charge is 2.23. The van der Waals surface area contributed by atoms with Crippen molar-refractivity contribution in [1.82, 2.24) is 10.3 Å². The Kier molecular flexibility index (Phi) is 4.93. The first-order chi connectivity index (χ1) is 7.43. The predicted octanol–water partition coefficient (Wildman–Crippen LogP) is 3.41. The van der Waals surface area contributed by atoms with Crippen molar-refractivity contribution in [2.75, 3.05) is 6.54 Å². The molecule has 0 amide bonds. The van der Waals surface area contributed by atoms with E-state index in [0.29, 0.717) is 11.5 Å². The Morgan fingerprint density at radius 3 is 2.56 bits per heavy atom. The first-order valence-corrected chi connectivity index (χ1v) is 6.96. The van der Waals surface area contributed by atoms with Crippen LogP contribution in [0, 0.1) is 12.3 Å². The molecule has 0 aliphatic rings. The molecule has 92 valence electrons. The zero-order valence-electron chi connectivity index (χ0n) is 11.1. The monoisotopic (exact) mass is 240 g/mol. The van der Waals surface area contributed by atoms with E-state index in [1.54, 1.807) is 11.3 Å². The first-order valence-electron chi connectivity index (χ1n) is 6.08. The third-order valence-electron chi connectivity index (χ3n) is 2.85. The molecule has 0 saturated carbocycles. The maximum atomic E-state index is 4.52. The van der Waals surface area contributed by atoms with Gasteiger partial charge < -0.3 is 5.32 Å². The molecule has 1 heterocycles. The summed E-state index contributed by atoms with van der Waals surface area (Å²) in [5.74, 6) is 0. The second-order valence-electron chi connectivity index (χ2n) is 5.37. The molecule has 1 aromatic rings. The van der Waals surface area contributed by atoms with Crippen molar-refractivity contribution in [3.05, 3.63) is 16.1 Å². The maximum absolute atomic E-state index is 4.52. The Morgan fingerprint density at radius 1 is 1.44 bits per heavy atom. The van der Waals surface area contributed by atoms with E-state index in [9.17, 15) is 0 Å². The lowest BCUT2D eigenvalue weighted by Gasteiger charge is -2.31. The average molecular weight is 240 g/mol. The van der Waals surface area contributed by atoms with Crippen LogP contribution in [-0.2, 0) is 6.42 Å². The molecule has 0 spiro atoms. The van der Waals surface area contributed by atoms with E-state index in [4.69, 9.17) is 0 Å². The molecule has 1 rings (SSSR count). The highest BCUT2D eigenvalue weighted by molar-refractivity contribution is 7.09. The molecule has 2 nitrogen and oxygen atoms in total. The first kappa shape index (κ1) is 13.7. The Balaban J connectivity index is 2.50. The molecular formula is C13H24N2S. The van der Waals surface area contributed by atoms with Gasteiger partial charge in [-0.3, -0.25) is 0 Å². The van der Waals surface area contributed by atoms with Gasteiger partial charge in [-0.05, 0) is 31.7 Å². The van der Waals surface area contributed by atoms with E-state index < -0.39 is 0 Å². The fourth-order valence-corrected chi connectivity index (χ4v) is 2.55. The van der Waals surface area contributed by atoms with Gasteiger partial charge in [-0.1, -0.05) is 27.7 Å². The SMILES string of the molecule is CCNC(CCc1csc(C)n1)C(C)(C)C. The van der Waals surface area contributed by atoms with Crippen molar-refractivity contribution < 1.29 is 0 Å². The van der Waals surface area contributed by atoms with E-state index in [1.165, 1.54) is 17.1 Å². The maximum Gasteiger partial charge on any atom is 0.0897 e. The second kappa shape index (κ2) is 5.78. The molecule has 0 aliphatic heterocycles. The van der Waals surface area contributed by atoms with Crippen LogP contribution in [0.5, 0.6) is 0 Å². The molecule has 1 N–H and O–H groups in total. The smallest absolute Gasteiger partial charge is 0.0897 e. The molecule has 1 atom stereocenters. The predicted molar refractivity (Wildman–Crippen MR) is 72.1 cm³/mol. The van der Waals surface area contributed by atoms with Crippen molar-refractivity contribution in [2.45, 2.75) is 53.5 Å². The number of nitrogens with zero attached hydrogens (tertiary/aromatic N) is 1. The minimum absolute atomic E-state index is 0.321. The van der Waals surface area contributed by atoms with Gasteiger partial charge in [0.2, 0.25) is 0 Å². The summed E-state index contributed by atoms with van der Waals surface area (Å²) >= 11 is 1.75. The van der Waals surface area contributed by atoms with Gasteiger partial charge in [-0.25, -0.2) is 4.98 Å². The van der Waals surface area contributed by atoms with Crippen LogP contribution in [0.3, 0.4) is 0 Å². The number of thiazole rings is 1. The Morgan fingerprint density at radius 2 is 2.12 bits per heavy atom. The normalized spacial score (nSPS) is 14.1. The van der Waals surface area contributed by atoms with Crippen molar-refractivity contribution in [1.29, 1.82) is 0 Å². The third kappa shape index (κ3) is 4.22. The lowest BCUT2D eigenvalue weighted by atomic mass is 9.84. The van der Waals surface area contributed by atoms with E-state index in [1.807, 2.05) is 0 Å². The number of rotatable bonds is 5. The number of aromatic nitrogens is 1. The molecule has 0 saturated heterocycles. The van der Waals surface area contributed by atoms with Crippen LogP contribution in [0.2, 0.25) is 0 Å². The van der Waals surface area contributed by atoms with E-state index >= 15 is 0 Å². The van der Waals surface area contributed by atoms with Gasteiger partial charge in [-0.2, -0.15) is 0 Å². The fourth-order valence-electron chi connectivity index (χ4n) is 1.90. The van der Waals surface area contributed by atoms with Crippen molar-refractivity contribution in [3.8, 4) is 0 Å². The summed E-state index contributed by atoms with van der Waals surface area (Å²) < 4.78 is 0. The molecule has 0 aliphatic carbocycles. The van der Waals surface area contributed by atoms with Crippen LogP contribution in [0.4, 0.5) is 0 Å². The van der Waals surface area contributed by atoms with Gasteiger partial charge in [0.05, 0.1) is 10.7 Å². The van der Waals surface area contributed by atoms with Gasteiger partial charge in [0, 0.05) is 11.4 Å². The minimum atomic E-state index is 0.321. The Labute approximate surface area is 103 Å². The third-order valence-corrected chi connectivity index (χ3v) is 3.67. The molecule has 1 unspecified atom stereocenters. The molecule has 0 radical (unpaired) electrons. The zero-order valence-corrected chi connectivity index (χ0v) is 11.9. The summed E-state index contributed by atoms with van der Waals surface area (Å²) in [5.41, 5.74) is 1.57. The van der Waals surface area contributed by atoms with Crippen LogP contribution in [0.15, 0.2) is 5.38 Å². The number of aryl methyl sites for hydroxylation is 2. The van der Waals surface area contributed by atoms with E-state index in [2.05, 4.69) is 50.3 Å². The van der Waals surface area contributed by atoms with Gasteiger partial charge in [0.25, 0.3) is 0 Å². The minimum Gasteiger partial charge on any atom is -0.314 e. The summed E-state index contributed by atoms with van der Waals surface area (Å²) in [6.07, 6.45) is 2.25. The van der Waals surface area contributed by atoms with Crippen LogP contribution in [0.1, 0.15) is 44.8 Å². The number of hydrogen-bond acceptors (Lipinski definition) is 3. The summed E-state index contributed by atoms with van der Waals surface area (Å²) in [7, 11) is 0. The van der Waals surface area contributed by atoms with Crippen molar-refractivity contribution >= 4 is 11.3 Å².